The van der Waals surface area contributed by atoms with Crippen LogP contribution >= 0.6 is 0 Å². The molecule has 4 heteroatoms. The Balaban J connectivity index is 1.55. The molecule has 0 radical (unpaired) electrons. The predicted octanol–water partition coefficient (Wildman–Crippen LogP) is 8.68. The summed E-state index contributed by atoms with van der Waals surface area (Å²) >= 11 is 0. The Bertz CT molecular complexity index is 1110. The van der Waals surface area contributed by atoms with Crippen LogP contribution in [0.3, 0.4) is 0 Å². The van der Waals surface area contributed by atoms with Crippen LogP contribution in [0.25, 0.3) is 11.1 Å². The van der Waals surface area contributed by atoms with Crippen LogP contribution in [0.15, 0.2) is 72.8 Å². The Morgan fingerprint density at radius 2 is 1.24 bits per heavy atom. The van der Waals surface area contributed by atoms with Gasteiger partial charge in [-0.15, -0.1) is 0 Å². The van der Waals surface area contributed by atoms with Crippen LogP contribution in [0.2, 0.25) is 0 Å². The third kappa shape index (κ3) is 8.59. The van der Waals surface area contributed by atoms with E-state index in [1.165, 1.54) is 18.4 Å². The summed E-state index contributed by atoms with van der Waals surface area (Å²) in [6, 6.07) is 22.5. The fraction of sp³-hybridized carbons (Fsp3) is 0.394. The average Bonchev–Trinajstić information content (AvgIpc) is 2.92. The topological polar surface area (TPSA) is 52.6 Å². The van der Waals surface area contributed by atoms with Gasteiger partial charge in [0.15, 0.2) is 0 Å². The molecular formula is C33H40O4. The Morgan fingerprint density at radius 1 is 0.703 bits per heavy atom. The Labute approximate surface area is 222 Å². The van der Waals surface area contributed by atoms with E-state index in [0.717, 1.165) is 43.2 Å². The maximum atomic E-state index is 12.5. The number of aryl methyl sites for hydroxylation is 1. The summed E-state index contributed by atoms with van der Waals surface area (Å²) in [5.41, 5.74) is 4.27. The number of esters is 2. The summed E-state index contributed by atoms with van der Waals surface area (Å²) in [5.74, 6) is 0.413. The summed E-state index contributed by atoms with van der Waals surface area (Å²) in [6.45, 7) is 8.50. The molecular weight excluding hydrogens is 460 g/mol. The molecule has 37 heavy (non-hydrogen) atoms. The van der Waals surface area contributed by atoms with Gasteiger partial charge in [-0.2, -0.15) is 0 Å². The molecule has 3 rings (SSSR count). The fourth-order valence-corrected chi connectivity index (χ4v) is 4.46. The minimum Gasteiger partial charge on any atom is -0.459 e. The molecule has 0 aliphatic rings. The van der Waals surface area contributed by atoms with E-state index in [-0.39, 0.29) is 18.0 Å². The molecule has 0 bridgehead atoms. The highest BCUT2D eigenvalue weighted by molar-refractivity contribution is 5.91. The average molecular weight is 501 g/mol. The fourth-order valence-electron chi connectivity index (χ4n) is 4.46. The summed E-state index contributed by atoms with van der Waals surface area (Å²) in [7, 11) is 0. The number of carbonyl (C=O) groups excluding carboxylic acids is 2. The number of ether oxygens (including phenoxy) is 2. The van der Waals surface area contributed by atoms with Crippen LogP contribution < -0.4 is 4.74 Å². The van der Waals surface area contributed by atoms with Crippen molar-refractivity contribution in [3.8, 4) is 16.9 Å². The van der Waals surface area contributed by atoms with E-state index in [1.54, 1.807) is 24.3 Å². The molecule has 3 aromatic rings. The van der Waals surface area contributed by atoms with Crippen LogP contribution in [-0.4, -0.2) is 18.0 Å². The lowest BCUT2D eigenvalue weighted by atomic mass is 9.97. The molecule has 0 aliphatic heterocycles. The lowest BCUT2D eigenvalue weighted by Gasteiger charge is -2.18. The quantitative estimate of drug-likeness (QED) is 0.134. The highest BCUT2D eigenvalue weighted by Crippen LogP contribution is 2.24. The van der Waals surface area contributed by atoms with Gasteiger partial charge in [0.2, 0.25) is 0 Å². The van der Waals surface area contributed by atoms with Gasteiger partial charge in [0, 0.05) is 0 Å². The van der Waals surface area contributed by atoms with Gasteiger partial charge in [0.05, 0.1) is 17.2 Å². The maximum Gasteiger partial charge on any atom is 0.343 e. The zero-order valence-corrected chi connectivity index (χ0v) is 22.7. The van der Waals surface area contributed by atoms with Crippen LogP contribution in [0.5, 0.6) is 5.75 Å². The van der Waals surface area contributed by atoms with Gasteiger partial charge in [0.1, 0.15) is 5.75 Å². The lowest BCUT2D eigenvalue weighted by Crippen LogP contribution is -2.18. The zero-order valence-electron chi connectivity index (χ0n) is 22.7. The van der Waals surface area contributed by atoms with Gasteiger partial charge in [-0.25, -0.2) is 9.59 Å². The first-order valence-electron chi connectivity index (χ1n) is 13.7. The monoisotopic (exact) mass is 500 g/mol. The van der Waals surface area contributed by atoms with Crippen molar-refractivity contribution in [2.75, 3.05) is 0 Å². The summed E-state index contributed by atoms with van der Waals surface area (Å²) in [4.78, 5) is 25.1. The first-order chi connectivity index (χ1) is 17.9. The van der Waals surface area contributed by atoms with E-state index in [0.29, 0.717) is 22.8 Å². The minimum absolute atomic E-state index is 0.101. The van der Waals surface area contributed by atoms with Crippen molar-refractivity contribution >= 4 is 11.9 Å². The number of benzene rings is 3. The van der Waals surface area contributed by atoms with Gasteiger partial charge in [0.25, 0.3) is 0 Å². The summed E-state index contributed by atoms with van der Waals surface area (Å²) < 4.78 is 11.2. The lowest BCUT2D eigenvalue weighted by molar-refractivity contribution is 0.0285. The highest BCUT2D eigenvalue weighted by atomic mass is 16.5. The van der Waals surface area contributed by atoms with Crippen molar-refractivity contribution in [2.45, 2.75) is 78.7 Å². The molecule has 1 unspecified atom stereocenters. The van der Waals surface area contributed by atoms with Gasteiger partial charge in [-0.05, 0) is 85.2 Å². The zero-order chi connectivity index (χ0) is 26.6. The Hall–Kier alpha value is -3.40. The molecule has 0 N–H and O–H groups in total. The molecule has 0 amide bonds. The molecule has 0 fully saturated rings. The number of carbonyl (C=O) groups is 2. The third-order valence-electron chi connectivity index (χ3n) is 6.91. The van der Waals surface area contributed by atoms with Crippen molar-refractivity contribution in [1.82, 2.24) is 0 Å². The van der Waals surface area contributed by atoms with Crippen molar-refractivity contribution in [2.24, 2.45) is 5.92 Å². The second kappa shape index (κ2) is 14.4. The molecule has 0 aliphatic carbocycles. The van der Waals surface area contributed by atoms with Crippen molar-refractivity contribution < 1.29 is 19.1 Å². The molecule has 4 nitrogen and oxygen atoms in total. The molecule has 3 aromatic carbocycles. The van der Waals surface area contributed by atoms with Crippen molar-refractivity contribution in [3.63, 3.8) is 0 Å². The first-order valence-corrected chi connectivity index (χ1v) is 13.7. The molecule has 0 saturated heterocycles. The van der Waals surface area contributed by atoms with Gasteiger partial charge < -0.3 is 9.47 Å². The normalized spacial score (nSPS) is 11.8. The highest BCUT2D eigenvalue weighted by Gasteiger charge is 2.16. The van der Waals surface area contributed by atoms with Crippen molar-refractivity contribution in [1.29, 1.82) is 0 Å². The van der Waals surface area contributed by atoms with Crippen LogP contribution in [0.1, 0.15) is 92.5 Å². The number of unbranched alkanes of at least 4 members (excludes halogenated alkanes) is 2. The van der Waals surface area contributed by atoms with Crippen LogP contribution in [0.4, 0.5) is 0 Å². The van der Waals surface area contributed by atoms with E-state index in [2.05, 4.69) is 20.8 Å². The van der Waals surface area contributed by atoms with Crippen LogP contribution in [-0.2, 0) is 11.2 Å². The van der Waals surface area contributed by atoms with E-state index < -0.39 is 0 Å². The molecule has 1 atom stereocenters. The minimum atomic E-state index is -0.367. The number of hydrogen-bond donors (Lipinski definition) is 0. The molecule has 0 heterocycles. The molecule has 0 aromatic heterocycles. The predicted molar refractivity (Wildman–Crippen MR) is 150 cm³/mol. The SMILES string of the molecule is CCCCCc1ccc(C(=O)Oc2ccc(-c3ccc(C(=O)OC(C)CC(CC)CC)cc3)cc2)cc1. The standard InChI is InChI=1S/C33H40O4/c1-5-8-9-10-26-11-13-29(14-12-26)33(35)37-31-21-19-28(20-22-31)27-15-17-30(18-16-27)32(34)36-24(4)23-25(6-2)7-3/h11-22,24-25H,5-10,23H2,1-4H3. The molecule has 196 valence electrons. The first kappa shape index (κ1) is 28.2. The van der Waals surface area contributed by atoms with Crippen molar-refractivity contribution in [3.05, 3.63) is 89.5 Å². The largest absolute Gasteiger partial charge is 0.459 e. The van der Waals surface area contributed by atoms with Gasteiger partial charge in [-0.3, -0.25) is 0 Å². The third-order valence-corrected chi connectivity index (χ3v) is 6.91. The summed E-state index contributed by atoms with van der Waals surface area (Å²) in [5, 5.41) is 0. The van der Waals surface area contributed by atoms with Gasteiger partial charge in [-0.1, -0.05) is 82.9 Å². The Morgan fingerprint density at radius 3 is 1.81 bits per heavy atom. The number of hydrogen-bond acceptors (Lipinski definition) is 4. The van der Waals surface area contributed by atoms with E-state index in [4.69, 9.17) is 9.47 Å². The summed E-state index contributed by atoms with van der Waals surface area (Å²) in [6.07, 6.45) is 7.58. The Kier molecular flexibility index (Phi) is 10.9. The maximum absolute atomic E-state index is 12.5. The molecule has 0 spiro atoms. The van der Waals surface area contributed by atoms with Crippen LogP contribution in [0, 0.1) is 5.92 Å². The smallest absolute Gasteiger partial charge is 0.343 e. The second-order valence-electron chi connectivity index (χ2n) is 9.78. The molecule has 0 saturated carbocycles. The van der Waals surface area contributed by atoms with E-state index in [9.17, 15) is 9.59 Å². The second-order valence-corrected chi connectivity index (χ2v) is 9.78. The number of rotatable bonds is 13. The van der Waals surface area contributed by atoms with E-state index >= 15 is 0 Å². The van der Waals surface area contributed by atoms with Gasteiger partial charge >= 0.3 is 11.9 Å². The van der Waals surface area contributed by atoms with E-state index in [1.807, 2.05) is 55.5 Å².